The van der Waals surface area contributed by atoms with E-state index in [4.69, 9.17) is 4.74 Å². The molecule has 120 valence electrons. The fourth-order valence-electron chi connectivity index (χ4n) is 3.94. The smallest absolute Gasteiger partial charge is 0.243 e. The van der Waals surface area contributed by atoms with E-state index in [0.29, 0.717) is 30.7 Å². The molecular weight excluding hydrogens is 300 g/mol. The van der Waals surface area contributed by atoms with E-state index in [1.54, 1.807) is 16.4 Å². The molecular formula is C16H22N2O3S. The van der Waals surface area contributed by atoms with Crippen molar-refractivity contribution in [2.45, 2.75) is 50.0 Å². The van der Waals surface area contributed by atoms with E-state index in [-0.39, 0.29) is 6.04 Å². The number of sulfonamides is 1. The Balaban J connectivity index is 1.65. The van der Waals surface area contributed by atoms with E-state index < -0.39 is 10.0 Å². The second kappa shape index (κ2) is 5.30. The van der Waals surface area contributed by atoms with Gasteiger partial charge in [0.05, 0.1) is 18.1 Å². The molecule has 0 N–H and O–H groups in total. The summed E-state index contributed by atoms with van der Waals surface area (Å²) in [6.07, 6.45) is 2.29. The van der Waals surface area contributed by atoms with Crippen LogP contribution in [0, 0.1) is 0 Å². The third-order valence-corrected chi connectivity index (χ3v) is 7.16. The van der Waals surface area contributed by atoms with Crippen LogP contribution in [-0.4, -0.2) is 49.3 Å². The Labute approximate surface area is 131 Å². The highest BCUT2D eigenvalue weighted by molar-refractivity contribution is 7.89. The Kier molecular flexibility index (Phi) is 3.52. The topological polar surface area (TPSA) is 49.9 Å². The van der Waals surface area contributed by atoms with Gasteiger partial charge in [0.2, 0.25) is 10.0 Å². The standard InChI is InChI=1S/C16H22N2O3S/c1-12-8-17-6-2-3-15(17)9-18(12)22(19,20)16-5-4-13-10-21-11-14(13)7-16/h4-5,7,12,15H,2-3,6,8-11H2,1H3/t12-,15+/m1/s1. The van der Waals surface area contributed by atoms with Crippen LogP contribution in [0.15, 0.2) is 23.1 Å². The average Bonchev–Trinajstić information content (AvgIpc) is 3.13. The number of piperazine rings is 1. The number of benzene rings is 1. The second-order valence-corrected chi connectivity index (χ2v) is 8.53. The van der Waals surface area contributed by atoms with Crippen LogP contribution in [-0.2, 0) is 28.0 Å². The van der Waals surface area contributed by atoms with Gasteiger partial charge in [-0.15, -0.1) is 0 Å². The molecule has 1 aromatic carbocycles. The van der Waals surface area contributed by atoms with Gasteiger partial charge in [-0.25, -0.2) is 8.42 Å². The lowest BCUT2D eigenvalue weighted by Gasteiger charge is -2.41. The summed E-state index contributed by atoms with van der Waals surface area (Å²) in [5, 5.41) is 0. The fraction of sp³-hybridized carbons (Fsp3) is 0.625. The molecule has 0 aromatic heterocycles. The Morgan fingerprint density at radius 1 is 1.18 bits per heavy atom. The molecule has 22 heavy (non-hydrogen) atoms. The van der Waals surface area contributed by atoms with Crippen molar-refractivity contribution in [3.05, 3.63) is 29.3 Å². The molecule has 0 amide bonds. The van der Waals surface area contributed by atoms with Gasteiger partial charge in [0.25, 0.3) is 0 Å². The van der Waals surface area contributed by atoms with E-state index in [9.17, 15) is 8.42 Å². The number of rotatable bonds is 2. The summed E-state index contributed by atoms with van der Waals surface area (Å²) >= 11 is 0. The minimum atomic E-state index is -3.42. The first-order chi connectivity index (χ1) is 10.6. The quantitative estimate of drug-likeness (QED) is 0.829. The maximum Gasteiger partial charge on any atom is 0.243 e. The van der Waals surface area contributed by atoms with Crippen LogP contribution in [0.25, 0.3) is 0 Å². The van der Waals surface area contributed by atoms with E-state index >= 15 is 0 Å². The summed E-state index contributed by atoms with van der Waals surface area (Å²) < 4.78 is 33.2. The Hall–Kier alpha value is -0.950. The van der Waals surface area contributed by atoms with Gasteiger partial charge in [-0.05, 0) is 49.6 Å². The molecule has 0 unspecified atom stereocenters. The minimum absolute atomic E-state index is 0.0313. The third kappa shape index (κ3) is 2.29. The first-order valence-corrected chi connectivity index (χ1v) is 9.45. The fourth-order valence-corrected chi connectivity index (χ4v) is 5.65. The van der Waals surface area contributed by atoms with Crippen molar-refractivity contribution in [1.29, 1.82) is 0 Å². The van der Waals surface area contributed by atoms with Crippen LogP contribution >= 0.6 is 0 Å². The number of hydrogen-bond acceptors (Lipinski definition) is 4. The predicted molar refractivity (Wildman–Crippen MR) is 82.9 cm³/mol. The first-order valence-electron chi connectivity index (χ1n) is 8.01. The van der Waals surface area contributed by atoms with E-state index in [0.717, 1.165) is 30.6 Å². The molecule has 2 fully saturated rings. The molecule has 3 aliphatic heterocycles. The van der Waals surface area contributed by atoms with Gasteiger partial charge in [0.15, 0.2) is 0 Å². The number of fused-ring (bicyclic) bond motifs is 2. The van der Waals surface area contributed by atoms with Crippen molar-refractivity contribution in [2.24, 2.45) is 0 Å². The van der Waals surface area contributed by atoms with Crippen molar-refractivity contribution >= 4 is 10.0 Å². The largest absolute Gasteiger partial charge is 0.372 e. The number of nitrogens with zero attached hydrogens (tertiary/aromatic N) is 2. The van der Waals surface area contributed by atoms with Crippen LogP contribution in [0.4, 0.5) is 0 Å². The lowest BCUT2D eigenvalue weighted by molar-refractivity contribution is 0.117. The number of hydrogen-bond donors (Lipinski definition) is 0. The van der Waals surface area contributed by atoms with Crippen molar-refractivity contribution in [1.82, 2.24) is 9.21 Å². The highest BCUT2D eigenvalue weighted by Gasteiger charge is 2.40. The Morgan fingerprint density at radius 2 is 2.00 bits per heavy atom. The lowest BCUT2D eigenvalue weighted by atomic mass is 10.1. The maximum atomic E-state index is 13.1. The molecule has 4 rings (SSSR count). The molecule has 5 nitrogen and oxygen atoms in total. The monoisotopic (exact) mass is 322 g/mol. The van der Waals surface area contributed by atoms with Gasteiger partial charge >= 0.3 is 0 Å². The van der Waals surface area contributed by atoms with Crippen molar-refractivity contribution in [2.75, 3.05) is 19.6 Å². The van der Waals surface area contributed by atoms with Gasteiger partial charge < -0.3 is 4.74 Å². The Bertz CT molecular complexity index is 689. The molecule has 0 bridgehead atoms. The van der Waals surface area contributed by atoms with Crippen LogP contribution in [0.3, 0.4) is 0 Å². The van der Waals surface area contributed by atoms with Gasteiger partial charge in [-0.3, -0.25) is 4.90 Å². The van der Waals surface area contributed by atoms with Gasteiger partial charge in [0.1, 0.15) is 0 Å². The number of ether oxygens (including phenoxy) is 1. The highest BCUT2D eigenvalue weighted by atomic mass is 32.2. The molecule has 0 aliphatic carbocycles. The first kappa shape index (κ1) is 14.6. The van der Waals surface area contributed by atoms with Crippen LogP contribution in [0.1, 0.15) is 30.9 Å². The van der Waals surface area contributed by atoms with Crippen LogP contribution in [0.5, 0.6) is 0 Å². The molecule has 0 spiro atoms. The molecule has 0 saturated carbocycles. The second-order valence-electron chi connectivity index (χ2n) is 6.64. The van der Waals surface area contributed by atoms with Gasteiger partial charge in [-0.1, -0.05) is 6.07 Å². The summed E-state index contributed by atoms with van der Waals surface area (Å²) in [5.74, 6) is 0. The zero-order chi connectivity index (χ0) is 15.3. The summed E-state index contributed by atoms with van der Waals surface area (Å²) in [6, 6.07) is 5.85. The molecule has 3 heterocycles. The lowest BCUT2D eigenvalue weighted by Crippen LogP contribution is -2.56. The maximum absolute atomic E-state index is 13.1. The summed E-state index contributed by atoms with van der Waals surface area (Å²) in [7, 11) is -3.42. The van der Waals surface area contributed by atoms with Crippen molar-refractivity contribution in [3.63, 3.8) is 0 Å². The molecule has 2 atom stereocenters. The van der Waals surface area contributed by atoms with E-state index in [1.165, 1.54) is 6.42 Å². The average molecular weight is 322 g/mol. The van der Waals surface area contributed by atoms with Crippen molar-refractivity contribution < 1.29 is 13.2 Å². The molecule has 3 aliphatic rings. The van der Waals surface area contributed by atoms with Crippen LogP contribution < -0.4 is 0 Å². The molecule has 2 saturated heterocycles. The van der Waals surface area contributed by atoms with E-state index in [1.807, 2.05) is 13.0 Å². The molecule has 6 heteroatoms. The van der Waals surface area contributed by atoms with Crippen molar-refractivity contribution in [3.8, 4) is 0 Å². The summed E-state index contributed by atoms with van der Waals surface area (Å²) in [6.45, 7) is 5.70. The SMILES string of the molecule is C[C@@H]1CN2CCC[C@H]2CN1S(=O)(=O)c1ccc2c(c1)COC2. The summed E-state index contributed by atoms with van der Waals surface area (Å²) in [5.41, 5.74) is 2.11. The van der Waals surface area contributed by atoms with E-state index in [2.05, 4.69) is 4.90 Å². The minimum Gasteiger partial charge on any atom is -0.372 e. The third-order valence-electron chi connectivity index (χ3n) is 5.18. The molecule has 0 radical (unpaired) electrons. The summed E-state index contributed by atoms with van der Waals surface area (Å²) in [4.78, 5) is 2.85. The van der Waals surface area contributed by atoms with Crippen LogP contribution in [0.2, 0.25) is 0 Å². The predicted octanol–water partition coefficient (Wildman–Crippen LogP) is 1.57. The Morgan fingerprint density at radius 3 is 2.86 bits per heavy atom. The highest BCUT2D eigenvalue weighted by Crippen LogP contribution is 2.30. The normalized spacial score (nSPS) is 29.5. The zero-order valence-electron chi connectivity index (χ0n) is 12.9. The van der Waals surface area contributed by atoms with Gasteiger partial charge in [0, 0.05) is 25.2 Å². The molecule has 1 aromatic rings. The van der Waals surface area contributed by atoms with Gasteiger partial charge in [-0.2, -0.15) is 4.31 Å². The zero-order valence-corrected chi connectivity index (χ0v) is 13.7.